The van der Waals surface area contributed by atoms with Gasteiger partial charge in [0.1, 0.15) is 11.3 Å². The Hall–Kier alpha value is -8.92. The predicted octanol–water partition coefficient (Wildman–Crippen LogP) is 17.5. The summed E-state index contributed by atoms with van der Waals surface area (Å²) in [4.78, 5) is 10.2. The number of nitrogens with zero attached hydrogens (tertiary/aromatic N) is 2. The van der Waals surface area contributed by atoms with Gasteiger partial charge in [0.2, 0.25) is 0 Å². The molecule has 0 spiro atoms. The van der Waals surface area contributed by atoms with Crippen molar-refractivity contribution < 1.29 is 4.42 Å². The quantitative estimate of drug-likeness (QED) is 0.118. The molecule has 0 atom stereocenters. The molecular weight excluding hydrogens is 813 g/mol. The molecule has 3 heteroatoms. The summed E-state index contributed by atoms with van der Waals surface area (Å²) in [5.41, 5.74) is 14.0. The normalized spacial score (nSPS) is 11.6. The largest absolute Gasteiger partial charge is 0.456 e. The maximum Gasteiger partial charge on any atom is 0.160 e. The molecule has 0 bridgehead atoms. The molecule has 0 aliphatic heterocycles. The number of benzene rings is 11. The van der Waals surface area contributed by atoms with Gasteiger partial charge in [-0.15, -0.1) is 0 Å². The molecule has 67 heavy (non-hydrogen) atoms. The fourth-order valence-electron chi connectivity index (χ4n) is 9.97. The lowest BCUT2D eigenvalue weighted by Crippen LogP contribution is -1.96. The van der Waals surface area contributed by atoms with Crippen LogP contribution in [0.2, 0.25) is 0 Å². The Labute approximate surface area is 387 Å². The van der Waals surface area contributed by atoms with Gasteiger partial charge in [0.25, 0.3) is 0 Å². The summed E-state index contributed by atoms with van der Waals surface area (Å²) in [6.45, 7) is 0. The van der Waals surface area contributed by atoms with Crippen LogP contribution in [0.5, 0.6) is 0 Å². The van der Waals surface area contributed by atoms with Gasteiger partial charge >= 0.3 is 0 Å². The highest BCUT2D eigenvalue weighted by Gasteiger charge is 2.19. The molecular formula is C64H40N2O. The smallest absolute Gasteiger partial charge is 0.160 e. The van der Waals surface area contributed by atoms with E-state index in [4.69, 9.17) is 14.4 Å². The van der Waals surface area contributed by atoms with Gasteiger partial charge in [0.05, 0.1) is 11.4 Å². The van der Waals surface area contributed by atoms with Gasteiger partial charge in [-0.2, -0.15) is 0 Å². The van der Waals surface area contributed by atoms with Crippen LogP contribution < -0.4 is 0 Å². The fourth-order valence-corrected chi connectivity index (χ4v) is 9.97. The summed E-state index contributed by atoms with van der Waals surface area (Å²) in [6, 6.07) is 86.6. The number of hydrogen-bond acceptors (Lipinski definition) is 3. The van der Waals surface area contributed by atoms with Gasteiger partial charge in [-0.1, -0.05) is 212 Å². The third-order valence-corrected chi connectivity index (χ3v) is 13.3. The van der Waals surface area contributed by atoms with Gasteiger partial charge in [0.15, 0.2) is 5.82 Å². The van der Waals surface area contributed by atoms with Crippen LogP contribution in [0.1, 0.15) is 0 Å². The molecule has 0 aliphatic carbocycles. The number of fused-ring (bicyclic) bond motifs is 6. The predicted molar refractivity (Wildman–Crippen MR) is 280 cm³/mol. The zero-order valence-corrected chi connectivity index (χ0v) is 36.4. The van der Waals surface area contributed by atoms with E-state index < -0.39 is 0 Å². The molecule has 0 aliphatic rings. The Morgan fingerprint density at radius 1 is 0.269 bits per heavy atom. The molecule has 0 N–H and O–H groups in total. The minimum Gasteiger partial charge on any atom is -0.456 e. The SMILES string of the molecule is c1ccc(-c2nc(-c3ccc(-c4cc5ccccc5o4)cc3)cc(-c3ccc4cc(-c5ccc(-c6c7ccccc7c(-c7ccccc7)c7ccc8ccccc8c67)cc5)ccc4c3)n2)cc1. The average molecular weight is 853 g/mol. The van der Waals surface area contributed by atoms with E-state index in [0.29, 0.717) is 5.82 Å². The molecule has 0 amide bonds. The highest BCUT2D eigenvalue weighted by Crippen LogP contribution is 2.46. The topological polar surface area (TPSA) is 38.9 Å². The van der Waals surface area contributed by atoms with Gasteiger partial charge in [0, 0.05) is 27.6 Å². The Morgan fingerprint density at radius 2 is 0.776 bits per heavy atom. The standard InChI is InChI=1S/C64H40N2O/c1-3-14-45(15-4-1)61-54-20-10-11-21-55(54)62(63-53-19-9-7-13-42(53)35-36-56(61)63)46-29-23-41(24-30-46)48-31-32-50-38-51(34-33-49(50)37-48)58-40-57(65-64(66-58)47-16-5-2-6-17-47)43-25-27-44(28-26-43)60-39-52-18-8-12-22-59(52)67-60/h1-40H. The van der Waals surface area contributed by atoms with E-state index in [2.05, 4.69) is 206 Å². The van der Waals surface area contributed by atoms with E-state index in [1.807, 2.05) is 36.4 Å². The Kier molecular flexibility index (Phi) is 9.17. The highest BCUT2D eigenvalue weighted by molar-refractivity contribution is 6.28. The number of hydrogen-bond donors (Lipinski definition) is 0. The van der Waals surface area contributed by atoms with E-state index in [-0.39, 0.29) is 0 Å². The fraction of sp³-hybridized carbons (Fsp3) is 0. The van der Waals surface area contributed by atoms with Crippen molar-refractivity contribution in [3.8, 4) is 78.6 Å². The first-order valence-corrected chi connectivity index (χ1v) is 22.8. The second-order valence-electron chi connectivity index (χ2n) is 17.3. The summed E-state index contributed by atoms with van der Waals surface area (Å²) in [6.07, 6.45) is 0. The lowest BCUT2D eigenvalue weighted by atomic mass is 9.84. The third-order valence-electron chi connectivity index (χ3n) is 13.3. The average Bonchev–Trinajstić information content (AvgIpc) is 3.85. The van der Waals surface area contributed by atoms with Crippen molar-refractivity contribution >= 4 is 54.1 Å². The van der Waals surface area contributed by atoms with E-state index in [0.717, 1.165) is 55.8 Å². The third kappa shape index (κ3) is 6.84. The van der Waals surface area contributed by atoms with Crippen LogP contribution >= 0.6 is 0 Å². The molecule has 13 rings (SSSR count). The van der Waals surface area contributed by atoms with Crippen molar-refractivity contribution in [3.63, 3.8) is 0 Å². The van der Waals surface area contributed by atoms with Crippen molar-refractivity contribution in [3.05, 3.63) is 243 Å². The molecule has 0 unspecified atom stereocenters. The van der Waals surface area contributed by atoms with Gasteiger partial charge < -0.3 is 4.42 Å². The molecule has 0 saturated carbocycles. The van der Waals surface area contributed by atoms with Crippen LogP contribution in [0.3, 0.4) is 0 Å². The lowest BCUT2D eigenvalue weighted by molar-refractivity contribution is 0.631. The molecule has 312 valence electrons. The second-order valence-corrected chi connectivity index (χ2v) is 17.3. The van der Waals surface area contributed by atoms with Crippen LogP contribution in [0.25, 0.3) is 133 Å². The number of aromatic nitrogens is 2. The van der Waals surface area contributed by atoms with Crippen LogP contribution in [0.4, 0.5) is 0 Å². The molecule has 2 heterocycles. The van der Waals surface area contributed by atoms with Gasteiger partial charge in [-0.3, -0.25) is 0 Å². The lowest BCUT2D eigenvalue weighted by Gasteiger charge is -2.19. The molecule has 2 aromatic heterocycles. The minimum atomic E-state index is 0.690. The summed E-state index contributed by atoms with van der Waals surface area (Å²) < 4.78 is 6.17. The van der Waals surface area contributed by atoms with E-state index in [9.17, 15) is 0 Å². The first kappa shape index (κ1) is 38.5. The Balaban J connectivity index is 0.860. The minimum absolute atomic E-state index is 0.690. The molecule has 0 fully saturated rings. The number of rotatable bonds is 7. The Bertz CT molecular complexity index is 3970. The highest BCUT2D eigenvalue weighted by atomic mass is 16.3. The maximum atomic E-state index is 6.17. The molecule has 3 nitrogen and oxygen atoms in total. The van der Waals surface area contributed by atoms with Crippen molar-refractivity contribution in [2.45, 2.75) is 0 Å². The molecule has 0 saturated heterocycles. The first-order valence-electron chi connectivity index (χ1n) is 22.8. The summed E-state index contributed by atoms with van der Waals surface area (Å²) in [5.74, 6) is 1.54. The molecule has 0 radical (unpaired) electrons. The van der Waals surface area contributed by atoms with Crippen LogP contribution in [0, 0.1) is 0 Å². The maximum absolute atomic E-state index is 6.17. The van der Waals surface area contributed by atoms with Crippen LogP contribution in [0.15, 0.2) is 247 Å². The van der Waals surface area contributed by atoms with Gasteiger partial charge in [-0.25, -0.2) is 9.97 Å². The van der Waals surface area contributed by atoms with E-state index in [1.54, 1.807) is 0 Å². The summed E-state index contributed by atoms with van der Waals surface area (Å²) in [7, 11) is 0. The molecule has 13 aromatic rings. The van der Waals surface area contributed by atoms with Crippen molar-refractivity contribution in [1.82, 2.24) is 9.97 Å². The first-order chi connectivity index (χ1) is 33.2. The monoisotopic (exact) mass is 852 g/mol. The summed E-state index contributed by atoms with van der Waals surface area (Å²) >= 11 is 0. The zero-order valence-electron chi connectivity index (χ0n) is 36.4. The second kappa shape index (κ2) is 16.0. The summed E-state index contributed by atoms with van der Waals surface area (Å²) in [5, 5.41) is 11.0. The number of furan rings is 1. The Morgan fingerprint density at radius 3 is 1.51 bits per heavy atom. The zero-order chi connectivity index (χ0) is 44.3. The van der Waals surface area contributed by atoms with Crippen molar-refractivity contribution in [2.24, 2.45) is 0 Å². The van der Waals surface area contributed by atoms with Gasteiger partial charge in [-0.05, 0) is 107 Å². The number of para-hydroxylation sites is 1. The van der Waals surface area contributed by atoms with E-state index >= 15 is 0 Å². The van der Waals surface area contributed by atoms with Crippen molar-refractivity contribution in [2.75, 3.05) is 0 Å². The van der Waals surface area contributed by atoms with Crippen LogP contribution in [-0.2, 0) is 0 Å². The van der Waals surface area contributed by atoms with Crippen molar-refractivity contribution in [1.29, 1.82) is 0 Å². The molecule has 11 aromatic carbocycles. The van der Waals surface area contributed by atoms with E-state index in [1.165, 1.54) is 71.1 Å². The van der Waals surface area contributed by atoms with Crippen LogP contribution in [-0.4, -0.2) is 9.97 Å².